The zero-order valence-corrected chi connectivity index (χ0v) is 14.0. The molecule has 0 spiro atoms. The molecule has 0 aliphatic heterocycles. The van der Waals surface area contributed by atoms with Crippen LogP contribution in [0.2, 0.25) is 0 Å². The molecule has 2 aromatic carbocycles. The molecule has 0 amide bonds. The number of rotatable bonds is 4. The molecule has 26 heavy (non-hydrogen) atoms. The predicted octanol–water partition coefficient (Wildman–Crippen LogP) is 3.44. The van der Waals surface area contributed by atoms with Crippen molar-refractivity contribution in [3.05, 3.63) is 60.0 Å². The van der Waals surface area contributed by atoms with Crippen LogP contribution >= 0.6 is 0 Å². The Kier molecular flexibility index (Phi) is 3.92. The highest BCUT2D eigenvalue weighted by molar-refractivity contribution is 5.64. The maximum Gasteiger partial charge on any atom is 0.262 e. The molecule has 0 aliphatic rings. The number of aromatic nitrogens is 5. The lowest BCUT2D eigenvalue weighted by molar-refractivity contribution is 0.405. The first-order chi connectivity index (χ1) is 12.7. The molecular formula is C18H14FN5O2. The third-order valence-electron chi connectivity index (χ3n) is 3.94. The Morgan fingerprint density at radius 3 is 2.62 bits per heavy atom. The Balaban J connectivity index is 1.72. The molecule has 0 saturated heterocycles. The van der Waals surface area contributed by atoms with E-state index in [4.69, 9.17) is 9.26 Å². The minimum Gasteiger partial charge on any atom is -0.496 e. The van der Waals surface area contributed by atoms with Gasteiger partial charge in [0.2, 0.25) is 5.82 Å². The van der Waals surface area contributed by atoms with E-state index in [0.717, 1.165) is 0 Å². The number of ether oxygens (including phenoxy) is 1. The van der Waals surface area contributed by atoms with Crippen LogP contribution in [0.4, 0.5) is 4.39 Å². The molecule has 0 aliphatic carbocycles. The van der Waals surface area contributed by atoms with Crippen LogP contribution in [0.1, 0.15) is 5.69 Å². The first-order valence-electron chi connectivity index (χ1n) is 7.83. The van der Waals surface area contributed by atoms with E-state index >= 15 is 0 Å². The summed E-state index contributed by atoms with van der Waals surface area (Å²) in [5.74, 6) is 0.964. The molecule has 0 N–H and O–H groups in total. The van der Waals surface area contributed by atoms with Crippen LogP contribution in [0.5, 0.6) is 5.75 Å². The molecule has 4 aromatic rings. The summed E-state index contributed by atoms with van der Waals surface area (Å²) >= 11 is 0. The lowest BCUT2D eigenvalue weighted by Gasteiger charge is -2.03. The van der Waals surface area contributed by atoms with Crippen LogP contribution in [-0.4, -0.2) is 32.2 Å². The number of nitrogens with zero attached hydrogens (tertiary/aromatic N) is 5. The zero-order valence-electron chi connectivity index (χ0n) is 14.0. The molecule has 8 heteroatoms. The smallest absolute Gasteiger partial charge is 0.262 e. The summed E-state index contributed by atoms with van der Waals surface area (Å²) in [4.78, 5) is 4.41. The van der Waals surface area contributed by atoms with Crippen molar-refractivity contribution in [3.63, 3.8) is 0 Å². The minimum atomic E-state index is -0.314. The second-order valence-electron chi connectivity index (χ2n) is 5.54. The van der Waals surface area contributed by atoms with Crippen molar-refractivity contribution in [2.24, 2.45) is 0 Å². The number of benzene rings is 2. The molecule has 0 radical (unpaired) electrons. The molecular weight excluding hydrogens is 337 g/mol. The van der Waals surface area contributed by atoms with Gasteiger partial charge in [-0.3, -0.25) is 0 Å². The topological polar surface area (TPSA) is 78.9 Å². The lowest BCUT2D eigenvalue weighted by atomic mass is 10.2. The van der Waals surface area contributed by atoms with Crippen LogP contribution in [0.3, 0.4) is 0 Å². The second-order valence-corrected chi connectivity index (χ2v) is 5.54. The van der Waals surface area contributed by atoms with Gasteiger partial charge >= 0.3 is 0 Å². The van der Waals surface area contributed by atoms with Crippen molar-refractivity contribution < 1.29 is 13.7 Å². The van der Waals surface area contributed by atoms with Crippen molar-refractivity contribution in [1.29, 1.82) is 0 Å². The molecule has 7 nitrogen and oxygen atoms in total. The number of para-hydroxylation sites is 1. The van der Waals surface area contributed by atoms with Crippen molar-refractivity contribution in [2.45, 2.75) is 6.92 Å². The number of halogens is 1. The van der Waals surface area contributed by atoms with Crippen molar-refractivity contribution in [3.8, 4) is 34.4 Å². The summed E-state index contributed by atoms with van der Waals surface area (Å²) in [6.45, 7) is 1.83. The van der Waals surface area contributed by atoms with Gasteiger partial charge in [0.15, 0.2) is 5.69 Å². The summed E-state index contributed by atoms with van der Waals surface area (Å²) in [6.07, 6.45) is 0. The van der Waals surface area contributed by atoms with Crippen LogP contribution in [0.25, 0.3) is 28.7 Å². The fourth-order valence-electron chi connectivity index (χ4n) is 2.61. The van der Waals surface area contributed by atoms with E-state index in [1.54, 1.807) is 23.9 Å². The summed E-state index contributed by atoms with van der Waals surface area (Å²) in [5.41, 5.74) is 2.58. The Labute approximate surface area is 148 Å². The maximum atomic E-state index is 13.1. The highest BCUT2D eigenvalue weighted by atomic mass is 19.1. The monoisotopic (exact) mass is 351 g/mol. The van der Waals surface area contributed by atoms with Crippen LogP contribution < -0.4 is 4.74 Å². The summed E-state index contributed by atoms with van der Waals surface area (Å²) in [5, 5.41) is 12.2. The fourth-order valence-corrected chi connectivity index (χ4v) is 2.61. The van der Waals surface area contributed by atoms with E-state index < -0.39 is 0 Å². The Morgan fingerprint density at radius 2 is 1.85 bits per heavy atom. The molecule has 0 fully saturated rings. The standard InChI is InChI=1S/C18H14FN5O2/c1-11-16(21-23-24(11)13-9-7-12(19)8-10-13)17-20-18(26-22-17)14-5-3-4-6-15(14)25-2/h3-10H,1-2H3. The second kappa shape index (κ2) is 6.40. The van der Waals surface area contributed by atoms with Crippen molar-refractivity contribution in [2.75, 3.05) is 7.11 Å². The predicted molar refractivity (Wildman–Crippen MR) is 91.3 cm³/mol. The van der Waals surface area contributed by atoms with Gasteiger partial charge in [0.05, 0.1) is 24.1 Å². The quantitative estimate of drug-likeness (QED) is 0.560. The molecule has 2 aromatic heterocycles. The molecule has 0 unspecified atom stereocenters. The Hall–Kier alpha value is -3.55. The highest BCUT2D eigenvalue weighted by Gasteiger charge is 2.19. The van der Waals surface area contributed by atoms with Gasteiger partial charge in [-0.1, -0.05) is 22.5 Å². The first-order valence-corrected chi connectivity index (χ1v) is 7.83. The molecule has 0 bridgehead atoms. The van der Waals surface area contributed by atoms with E-state index in [1.165, 1.54) is 12.1 Å². The van der Waals surface area contributed by atoms with Gasteiger partial charge in [0, 0.05) is 0 Å². The first kappa shape index (κ1) is 15.9. The van der Waals surface area contributed by atoms with Crippen LogP contribution in [-0.2, 0) is 0 Å². The van der Waals surface area contributed by atoms with Gasteiger partial charge in [0.25, 0.3) is 5.89 Å². The van der Waals surface area contributed by atoms with Gasteiger partial charge < -0.3 is 9.26 Å². The Morgan fingerprint density at radius 1 is 1.08 bits per heavy atom. The minimum absolute atomic E-state index is 0.314. The average molecular weight is 351 g/mol. The highest BCUT2D eigenvalue weighted by Crippen LogP contribution is 2.30. The normalized spacial score (nSPS) is 10.9. The number of hydrogen-bond donors (Lipinski definition) is 0. The van der Waals surface area contributed by atoms with Gasteiger partial charge in [0.1, 0.15) is 11.6 Å². The van der Waals surface area contributed by atoms with E-state index in [0.29, 0.717) is 40.1 Å². The van der Waals surface area contributed by atoms with Crippen molar-refractivity contribution in [1.82, 2.24) is 25.1 Å². The zero-order chi connectivity index (χ0) is 18.1. The van der Waals surface area contributed by atoms with E-state index in [1.807, 2.05) is 31.2 Å². The summed E-state index contributed by atoms with van der Waals surface area (Å²) in [6, 6.07) is 13.3. The third-order valence-corrected chi connectivity index (χ3v) is 3.94. The van der Waals surface area contributed by atoms with Crippen molar-refractivity contribution >= 4 is 0 Å². The third kappa shape index (κ3) is 2.71. The molecule has 4 rings (SSSR count). The average Bonchev–Trinajstić information content (AvgIpc) is 3.29. The van der Waals surface area contributed by atoms with Gasteiger partial charge in [-0.25, -0.2) is 9.07 Å². The van der Waals surface area contributed by atoms with Crippen LogP contribution in [0, 0.1) is 12.7 Å². The van der Waals surface area contributed by atoms with Crippen LogP contribution in [0.15, 0.2) is 53.1 Å². The maximum absolute atomic E-state index is 13.1. The molecule has 2 heterocycles. The summed E-state index contributed by atoms with van der Waals surface area (Å²) in [7, 11) is 1.58. The van der Waals surface area contributed by atoms with E-state index in [-0.39, 0.29) is 5.82 Å². The van der Waals surface area contributed by atoms with Gasteiger partial charge in [-0.2, -0.15) is 4.98 Å². The largest absolute Gasteiger partial charge is 0.496 e. The molecule has 0 atom stereocenters. The fraction of sp³-hybridized carbons (Fsp3) is 0.111. The van der Waals surface area contributed by atoms with Gasteiger partial charge in [-0.05, 0) is 43.3 Å². The molecule has 0 saturated carbocycles. The van der Waals surface area contributed by atoms with Gasteiger partial charge in [-0.15, -0.1) is 5.10 Å². The molecule has 130 valence electrons. The lowest BCUT2D eigenvalue weighted by Crippen LogP contribution is -1.99. The van der Waals surface area contributed by atoms with E-state index in [2.05, 4.69) is 20.5 Å². The SMILES string of the molecule is COc1ccccc1-c1nc(-c2nnn(-c3ccc(F)cc3)c2C)no1. The van der Waals surface area contributed by atoms with E-state index in [9.17, 15) is 4.39 Å². The Bertz CT molecular complexity index is 1060. The number of methoxy groups -OCH3 is 1. The summed E-state index contributed by atoms with van der Waals surface area (Å²) < 4.78 is 25.4. The number of hydrogen-bond acceptors (Lipinski definition) is 6.